The maximum Gasteiger partial charge on any atom is 0.251 e. The highest BCUT2D eigenvalue weighted by atomic mass is 16.1. The molecule has 0 radical (unpaired) electrons. The lowest BCUT2D eigenvalue weighted by Crippen LogP contribution is -2.41. The van der Waals surface area contributed by atoms with Crippen LogP contribution in [0, 0.1) is 12.3 Å². The third kappa shape index (κ3) is 3.72. The van der Waals surface area contributed by atoms with E-state index in [4.69, 9.17) is 0 Å². The van der Waals surface area contributed by atoms with Crippen molar-refractivity contribution in [3.8, 4) is 0 Å². The van der Waals surface area contributed by atoms with Gasteiger partial charge in [0.2, 0.25) is 0 Å². The van der Waals surface area contributed by atoms with Crippen molar-refractivity contribution in [1.29, 1.82) is 0 Å². The number of aromatic nitrogens is 1. The quantitative estimate of drug-likeness (QED) is 0.865. The molecule has 1 unspecified atom stereocenters. The van der Waals surface area contributed by atoms with Gasteiger partial charge in [-0.2, -0.15) is 0 Å². The first-order chi connectivity index (χ1) is 8.24. The molecule has 18 heavy (non-hydrogen) atoms. The van der Waals surface area contributed by atoms with Crippen molar-refractivity contribution in [3.63, 3.8) is 0 Å². The van der Waals surface area contributed by atoms with Crippen LogP contribution in [-0.2, 0) is 0 Å². The number of nitrogens with one attached hydrogen (secondary N) is 2. The number of nitrogens with zero attached hydrogens (tertiary/aromatic N) is 1. The number of amides is 1. The van der Waals surface area contributed by atoms with Gasteiger partial charge in [-0.05, 0) is 31.4 Å². The van der Waals surface area contributed by atoms with Gasteiger partial charge in [0.05, 0.1) is 0 Å². The van der Waals surface area contributed by atoms with Crippen molar-refractivity contribution in [2.45, 2.75) is 40.7 Å². The van der Waals surface area contributed by atoms with E-state index >= 15 is 0 Å². The fourth-order valence-electron chi connectivity index (χ4n) is 1.42. The molecule has 2 N–H and O–H groups in total. The first kappa shape index (κ1) is 14.5. The van der Waals surface area contributed by atoms with E-state index in [2.05, 4.69) is 36.4 Å². The van der Waals surface area contributed by atoms with Gasteiger partial charge in [0, 0.05) is 24.3 Å². The van der Waals surface area contributed by atoms with Gasteiger partial charge in [0.1, 0.15) is 5.82 Å². The summed E-state index contributed by atoms with van der Waals surface area (Å²) >= 11 is 0. The highest BCUT2D eigenvalue weighted by Crippen LogP contribution is 2.19. The van der Waals surface area contributed by atoms with Gasteiger partial charge in [0.15, 0.2) is 0 Å². The Balaban J connectivity index is 2.88. The first-order valence-electron chi connectivity index (χ1n) is 6.21. The maximum atomic E-state index is 12.2. The Hall–Kier alpha value is -1.58. The topological polar surface area (TPSA) is 54.0 Å². The lowest BCUT2D eigenvalue weighted by Gasteiger charge is -2.28. The summed E-state index contributed by atoms with van der Waals surface area (Å²) in [7, 11) is 1.79. The third-order valence-corrected chi connectivity index (χ3v) is 3.12. The van der Waals surface area contributed by atoms with Gasteiger partial charge in [-0.1, -0.05) is 20.8 Å². The summed E-state index contributed by atoms with van der Waals surface area (Å²) in [5, 5.41) is 5.98. The Bertz CT molecular complexity index is 435. The predicted octanol–water partition coefficient (Wildman–Crippen LogP) is 2.60. The molecule has 1 aromatic rings. The molecule has 0 bridgehead atoms. The van der Waals surface area contributed by atoms with Gasteiger partial charge >= 0.3 is 0 Å². The number of carbonyl (C=O) groups is 1. The van der Waals surface area contributed by atoms with Crippen LogP contribution in [-0.4, -0.2) is 24.0 Å². The zero-order chi connectivity index (χ0) is 13.9. The molecule has 0 aliphatic carbocycles. The number of rotatable bonds is 3. The Labute approximate surface area is 109 Å². The predicted molar refractivity (Wildman–Crippen MR) is 74.9 cm³/mol. The number of pyridine rings is 1. The molecule has 0 saturated carbocycles. The van der Waals surface area contributed by atoms with E-state index in [9.17, 15) is 4.79 Å². The van der Waals surface area contributed by atoms with Crippen LogP contribution in [0.2, 0.25) is 0 Å². The Morgan fingerprint density at radius 3 is 2.44 bits per heavy atom. The van der Waals surface area contributed by atoms with E-state index in [1.54, 1.807) is 19.2 Å². The maximum absolute atomic E-state index is 12.2. The number of aryl methyl sites for hydroxylation is 1. The fraction of sp³-hybridized carbons (Fsp3) is 0.571. The van der Waals surface area contributed by atoms with Crippen LogP contribution in [0.1, 0.15) is 43.7 Å². The molecule has 1 aromatic heterocycles. The minimum absolute atomic E-state index is 0.0452. The van der Waals surface area contributed by atoms with Gasteiger partial charge in [-0.3, -0.25) is 4.79 Å². The molecular formula is C14H23N3O. The second kappa shape index (κ2) is 5.38. The second-order valence-electron chi connectivity index (χ2n) is 5.69. The number of anilines is 1. The fourth-order valence-corrected chi connectivity index (χ4v) is 1.42. The van der Waals surface area contributed by atoms with Crippen molar-refractivity contribution in [3.05, 3.63) is 23.4 Å². The molecule has 0 aliphatic heterocycles. The van der Waals surface area contributed by atoms with Crippen molar-refractivity contribution in [2.24, 2.45) is 5.41 Å². The molecule has 0 spiro atoms. The van der Waals surface area contributed by atoms with Crippen LogP contribution in [0.5, 0.6) is 0 Å². The first-order valence-corrected chi connectivity index (χ1v) is 6.21. The standard InChI is InChI=1S/C14H23N3O/c1-9-7-11(8-12(15-6)16-9)13(18)17-10(2)14(3,4)5/h7-8,10H,1-6H3,(H,15,16)(H,17,18). The smallest absolute Gasteiger partial charge is 0.251 e. The molecule has 1 atom stereocenters. The van der Waals surface area contributed by atoms with Gasteiger partial charge in [0.25, 0.3) is 5.91 Å². The van der Waals surface area contributed by atoms with E-state index in [1.165, 1.54) is 0 Å². The van der Waals surface area contributed by atoms with Crippen molar-refractivity contribution < 1.29 is 4.79 Å². The van der Waals surface area contributed by atoms with Crippen LogP contribution in [0.4, 0.5) is 5.82 Å². The van der Waals surface area contributed by atoms with E-state index in [-0.39, 0.29) is 17.4 Å². The Morgan fingerprint density at radius 1 is 1.33 bits per heavy atom. The second-order valence-corrected chi connectivity index (χ2v) is 5.69. The molecular weight excluding hydrogens is 226 g/mol. The van der Waals surface area contributed by atoms with Crippen molar-refractivity contribution in [2.75, 3.05) is 12.4 Å². The minimum Gasteiger partial charge on any atom is -0.373 e. The summed E-state index contributed by atoms with van der Waals surface area (Å²) in [6, 6.07) is 3.67. The molecule has 4 heteroatoms. The highest BCUT2D eigenvalue weighted by Gasteiger charge is 2.22. The van der Waals surface area contributed by atoms with Gasteiger partial charge < -0.3 is 10.6 Å². The summed E-state index contributed by atoms with van der Waals surface area (Å²) in [4.78, 5) is 16.4. The molecule has 0 fully saturated rings. The SMILES string of the molecule is CNc1cc(C(=O)NC(C)C(C)(C)C)cc(C)n1. The Kier molecular flexibility index (Phi) is 4.33. The van der Waals surface area contributed by atoms with Crippen LogP contribution in [0.25, 0.3) is 0 Å². The summed E-state index contributed by atoms with van der Waals surface area (Å²) in [5.74, 6) is 0.656. The van der Waals surface area contributed by atoms with E-state index in [0.717, 1.165) is 5.69 Å². The lowest BCUT2D eigenvalue weighted by molar-refractivity contribution is 0.0910. The van der Waals surface area contributed by atoms with Crippen LogP contribution in [0.15, 0.2) is 12.1 Å². The van der Waals surface area contributed by atoms with Crippen molar-refractivity contribution in [1.82, 2.24) is 10.3 Å². The number of carbonyl (C=O) groups excluding carboxylic acids is 1. The van der Waals surface area contributed by atoms with Crippen LogP contribution in [0.3, 0.4) is 0 Å². The van der Waals surface area contributed by atoms with E-state index in [1.807, 2.05) is 13.8 Å². The molecule has 1 amide bonds. The minimum atomic E-state index is -0.0561. The molecule has 0 saturated heterocycles. The zero-order valence-corrected chi connectivity index (χ0v) is 12.1. The van der Waals surface area contributed by atoms with Crippen LogP contribution < -0.4 is 10.6 Å². The van der Waals surface area contributed by atoms with Gasteiger partial charge in [-0.15, -0.1) is 0 Å². The molecule has 0 aliphatic rings. The molecule has 1 heterocycles. The average Bonchev–Trinajstić information content (AvgIpc) is 2.26. The molecule has 1 rings (SSSR count). The highest BCUT2D eigenvalue weighted by molar-refractivity contribution is 5.95. The lowest BCUT2D eigenvalue weighted by atomic mass is 9.88. The monoisotopic (exact) mass is 249 g/mol. The zero-order valence-electron chi connectivity index (χ0n) is 12.1. The Morgan fingerprint density at radius 2 is 1.94 bits per heavy atom. The van der Waals surface area contributed by atoms with E-state index in [0.29, 0.717) is 11.4 Å². The third-order valence-electron chi connectivity index (χ3n) is 3.12. The van der Waals surface area contributed by atoms with Crippen LogP contribution >= 0.6 is 0 Å². The normalized spacial score (nSPS) is 13.0. The van der Waals surface area contributed by atoms with Crippen molar-refractivity contribution >= 4 is 11.7 Å². The summed E-state index contributed by atoms with van der Waals surface area (Å²) in [6.07, 6.45) is 0. The van der Waals surface area contributed by atoms with Gasteiger partial charge in [-0.25, -0.2) is 4.98 Å². The number of hydrogen-bond donors (Lipinski definition) is 2. The summed E-state index contributed by atoms with van der Waals surface area (Å²) in [6.45, 7) is 10.2. The molecule has 0 aromatic carbocycles. The summed E-state index contributed by atoms with van der Waals surface area (Å²) in [5.41, 5.74) is 1.52. The largest absolute Gasteiger partial charge is 0.373 e. The summed E-state index contributed by atoms with van der Waals surface area (Å²) < 4.78 is 0. The molecule has 4 nitrogen and oxygen atoms in total. The number of hydrogen-bond acceptors (Lipinski definition) is 3. The van der Waals surface area contributed by atoms with E-state index < -0.39 is 0 Å². The average molecular weight is 249 g/mol. The molecule has 100 valence electrons.